The summed E-state index contributed by atoms with van der Waals surface area (Å²) < 4.78 is 8.82. The van der Waals surface area contributed by atoms with Gasteiger partial charge in [-0.25, -0.2) is 9.78 Å². The maximum atomic E-state index is 11.6. The number of carbonyl (C=O) groups excluding carboxylic acids is 1. The van der Waals surface area contributed by atoms with Crippen LogP contribution in [0.5, 0.6) is 0 Å². The van der Waals surface area contributed by atoms with Gasteiger partial charge in [0.25, 0.3) is 0 Å². The van der Waals surface area contributed by atoms with E-state index in [0.717, 1.165) is 44.8 Å². The second kappa shape index (κ2) is 6.31. The smallest absolute Gasteiger partial charge is 0.358 e. The highest BCUT2D eigenvalue weighted by Crippen LogP contribution is 2.16. The maximum Gasteiger partial charge on any atom is 0.358 e. The Labute approximate surface area is 129 Å². The van der Waals surface area contributed by atoms with Gasteiger partial charge in [-0.1, -0.05) is 0 Å². The second-order valence-corrected chi connectivity index (χ2v) is 5.47. The number of methoxy groups -OCH3 is 1. The fraction of sp³-hybridized carbons (Fsp3) is 0.533. The number of rotatable bonds is 4. The van der Waals surface area contributed by atoms with Crippen LogP contribution in [0.3, 0.4) is 0 Å². The number of hydrogen-bond acceptors (Lipinski definition) is 5. The molecule has 0 saturated heterocycles. The topological polar surface area (TPSA) is 65.2 Å². The number of nitrogens with zero attached hydrogens (tertiary/aromatic N) is 5. The third-order valence-corrected chi connectivity index (χ3v) is 4.01. The van der Waals surface area contributed by atoms with Crippen LogP contribution in [0, 0.1) is 0 Å². The Bertz CT molecular complexity index is 661. The lowest BCUT2D eigenvalue weighted by Crippen LogP contribution is -2.24. The van der Waals surface area contributed by atoms with Crippen molar-refractivity contribution in [2.75, 3.05) is 13.7 Å². The van der Waals surface area contributed by atoms with Gasteiger partial charge in [0.15, 0.2) is 5.69 Å². The van der Waals surface area contributed by atoms with Gasteiger partial charge in [-0.15, -0.1) is 0 Å². The number of hydrogen-bond donors (Lipinski definition) is 0. The lowest BCUT2D eigenvalue weighted by molar-refractivity contribution is 0.0593. The van der Waals surface area contributed by atoms with Gasteiger partial charge in [0.2, 0.25) is 0 Å². The van der Waals surface area contributed by atoms with Crippen LogP contribution in [0.25, 0.3) is 0 Å². The van der Waals surface area contributed by atoms with Crippen molar-refractivity contribution in [2.24, 2.45) is 0 Å². The molecule has 0 bridgehead atoms. The largest absolute Gasteiger partial charge is 0.464 e. The number of imidazole rings is 1. The Balaban J connectivity index is 1.76. The lowest BCUT2D eigenvalue weighted by Gasteiger charge is -2.19. The van der Waals surface area contributed by atoms with Crippen molar-refractivity contribution in [3.63, 3.8) is 0 Å². The average Bonchev–Trinajstić information content (AvgIpc) is 3.09. The molecular formula is C15H21N5O2. The van der Waals surface area contributed by atoms with E-state index in [1.54, 1.807) is 0 Å². The SMILES string of the molecule is CCn1cncc1CN1CCCn2nc(C(=O)OC)cc2C1. The molecule has 0 aliphatic carbocycles. The van der Waals surface area contributed by atoms with Crippen LogP contribution in [-0.4, -0.2) is 43.9 Å². The number of carbonyl (C=O) groups is 1. The van der Waals surface area contributed by atoms with Gasteiger partial charge in [0.05, 0.1) is 24.8 Å². The summed E-state index contributed by atoms with van der Waals surface area (Å²) in [4.78, 5) is 18.2. The van der Waals surface area contributed by atoms with Crippen LogP contribution in [-0.2, 0) is 30.9 Å². The summed E-state index contributed by atoms with van der Waals surface area (Å²) in [5, 5.41) is 4.34. The van der Waals surface area contributed by atoms with E-state index < -0.39 is 0 Å². The van der Waals surface area contributed by atoms with Gasteiger partial charge < -0.3 is 9.30 Å². The minimum Gasteiger partial charge on any atom is -0.464 e. The van der Waals surface area contributed by atoms with E-state index in [1.807, 2.05) is 23.3 Å². The van der Waals surface area contributed by atoms with Gasteiger partial charge in [-0.2, -0.15) is 5.10 Å². The van der Waals surface area contributed by atoms with Gasteiger partial charge in [-0.3, -0.25) is 9.58 Å². The predicted molar refractivity (Wildman–Crippen MR) is 80.2 cm³/mol. The summed E-state index contributed by atoms with van der Waals surface area (Å²) in [7, 11) is 1.38. The van der Waals surface area contributed by atoms with Gasteiger partial charge >= 0.3 is 5.97 Å². The van der Waals surface area contributed by atoms with Crippen molar-refractivity contribution in [1.82, 2.24) is 24.2 Å². The standard InChI is InChI=1S/C15H21N5O2/c1-3-19-11-16-8-13(19)10-18-5-4-6-20-12(9-18)7-14(17-20)15(21)22-2/h7-8,11H,3-6,9-10H2,1-2H3. The molecule has 7 heteroatoms. The number of aromatic nitrogens is 4. The molecule has 0 amide bonds. The monoisotopic (exact) mass is 303 g/mol. The van der Waals surface area contributed by atoms with Gasteiger partial charge in [0, 0.05) is 38.9 Å². The zero-order chi connectivity index (χ0) is 15.5. The molecule has 0 unspecified atom stereocenters. The summed E-state index contributed by atoms with van der Waals surface area (Å²) in [5.74, 6) is -0.379. The third-order valence-electron chi connectivity index (χ3n) is 4.01. The van der Waals surface area contributed by atoms with Crippen molar-refractivity contribution in [1.29, 1.82) is 0 Å². The molecule has 2 aromatic rings. The third kappa shape index (κ3) is 2.89. The molecule has 0 atom stereocenters. The quantitative estimate of drug-likeness (QED) is 0.796. The predicted octanol–water partition coefficient (Wildman–Crippen LogP) is 1.29. The molecule has 0 radical (unpaired) electrons. The molecular weight excluding hydrogens is 282 g/mol. The fourth-order valence-corrected chi connectivity index (χ4v) is 2.86. The minimum absolute atomic E-state index is 0.379. The van der Waals surface area contributed by atoms with Crippen LogP contribution in [0.15, 0.2) is 18.6 Å². The molecule has 1 aliphatic heterocycles. The molecule has 0 spiro atoms. The molecule has 22 heavy (non-hydrogen) atoms. The first-order valence-corrected chi connectivity index (χ1v) is 7.57. The molecule has 118 valence electrons. The first kappa shape index (κ1) is 14.8. The van der Waals surface area contributed by atoms with Crippen LogP contribution < -0.4 is 0 Å². The zero-order valence-electron chi connectivity index (χ0n) is 13.0. The molecule has 7 nitrogen and oxygen atoms in total. The minimum atomic E-state index is -0.379. The first-order chi connectivity index (χ1) is 10.7. The Hall–Kier alpha value is -2.15. The summed E-state index contributed by atoms with van der Waals surface area (Å²) in [6.07, 6.45) is 4.80. The van der Waals surface area contributed by atoms with Crippen molar-refractivity contribution in [3.8, 4) is 0 Å². The Morgan fingerprint density at radius 2 is 2.27 bits per heavy atom. The number of ether oxygens (including phenoxy) is 1. The molecule has 0 N–H and O–H groups in total. The molecule has 2 aromatic heterocycles. The molecule has 3 heterocycles. The van der Waals surface area contributed by atoms with E-state index in [-0.39, 0.29) is 5.97 Å². The summed E-state index contributed by atoms with van der Waals surface area (Å²) >= 11 is 0. The fourth-order valence-electron chi connectivity index (χ4n) is 2.86. The van der Waals surface area contributed by atoms with Gasteiger partial charge in [-0.05, 0) is 19.4 Å². The van der Waals surface area contributed by atoms with Crippen molar-refractivity contribution in [3.05, 3.63) is 35.7 Å². The Kier molecular flexibility index (Phi) is 4.24. The van der Waals surface area contributed by atoms with Crippen LogP contribution in [0.2, 0.25) is 0 Å². The van der Waals surface area contributed by atoms with E-state index in [2.05, 4.69) is 26.5 Å². The summed E-state index contributed by atoms with van der Waals surface area (Å²) in [6, 6.07) is 1.83. The van der Waals surface area contributed by atoms with E-state index in [0.29, 0.717) is 5.69 Å². The Morgan fingerprint density at radius 1 is 1.41 bits per heavy atom. The zero-order valence-corrected chi connectivity index (χ0v) is 13.0. The van der Waals surface area contributed by atoms with Gasteiger partial charge in [0.1, 0.15) is 0 Å². The highest BCUT2D eigenvalue weighted by atomic mass is 16.5. The number of fused-ring (bicyclic) bond motifs is 1. The molecule has 3 rings (SSSR count). The molecule has 1 aliphatic rings. The lowest BCUT2D eigenvalue weighted by atomic mass is 10.3. The average molecular weight is 303 g/mol. The van der Waals surface area contributed by atoms with Crippen molar-refractivity contribution < 1.29 is 9.53 Å². The van der Waals surface area contributed by atoms with E-state index in [9.17, 15) is 4.79 Å². The van der Waals surface area contributed by atoms with Crippen molar-refractivity contribution >= 4 is 5.97 Å². The normalized spacial score (nSPS) is 15.4. The summed E-state index contributed by atoms with van der Waals surface area (Å²) in [6.45, 7) is 6.51. The number of esters is 1. The van der Waals surface area contributed by atoms with E-state index in [4.69, 9.17) is 4.74 Å². The second-order valence-electron chi connectivity index (χ2n) is 5.47. The van der Waals surface area contributed by atoms with Crippen LogP contribution in [0.4, 0.5) is 0 Å². The highest BCUT2D eigenvalue weighted by Gasteiger charge is 2.20. The summed E-state index contributed by atoms with van der Waals surface area (Å²) in [5.41, 5.74) is 2.65. The number of aryl methyl sites for hydroxylation is 2. The van der Waals surface area contributed by atoms with E-state index in [1.165, 1.54) is 12.8 Å². The molecule has 0 fully saturated rings. The van der Waals surface area contributed by atoms with Crippen molar-refractivity contribution in [2.45, 2.75) is 39.5 Å². The van der Waals surface area contributed by atoms with Crippen LogP contribution >= 0.6 is 0 Å². The molecule has 0 aromatic carbocycles. The highest BCUT2D eigenvalue weighted by molar-refractivity contribution is 5.87. The van der Waals surface area contributed by atoms with Crippen LogP contribution in [0.1, 0.15) is 35.2 Å². The maximum absolute atomic E-state index is 11.6. The van der Waals surface area contributed by atoms with E-state index >= 15 is 0 Å². The Morgan fingerprint density at radius 3 is 3.05 bits per heavy atom. The molecule has 0 saturated carbocycles. The first-order valence-electron chi connectivity index (χ1n) is 7.57.